The summed E-state index contributed by atoms with van der Waals surface area (Å²) < 4.78 is 0. The number of likely N-dealkylation sites (N-methyl/N-ethyl adjacent to an activating group) is 1. The summed E-state index contributed by atoms with van der Waals surface area (Å²) in [6.45, 7) is 5.06. The van der Waals surface area contributed by atoms with Gasteiger partial charge in [0.2, 0.25) is 0 Å². The van der Waals surface area contributed by atoms with E-state index < -0.39 is 0 Å². The largest absolute Gasteiger partial charge is 0.373 e. The van der Waals surface area contributed by atoms with E-state index in [1.54, 1.807) is 6.33 Å². The Hall–Kier alpha value is -1.36. The van der Waals surface area contributed by atoms with Crippen molar-refractivity contribution in [3.8, 4) is 0 Å². The Labute approximate surface area is 90.7 Å². The molecule has 1 aromatic heterocycles. The highest BCUT2D eigenvalue weighted by Crippen LogP contribution is 2.09. The zero-order valence-corrected chi connectivity index (χ0v) is 9.76. The van der Waals surface area contributed by atoms with Crippen LogP contribution in [0, 0.1) is 0 Å². The number of rotatable bonds is 5. The molecule has 0 fully saturated rings. The number of hydrogen-bond donors (Lipinski definition) is 3. The molecule has 3 N–H and O–H groups in total. The molecule has 1 heterocycles. The van der Waals surface area contributed by atoms with Gasteiger partial charge in [-0.2, -0.15) is 0 Å². The standard InChI is InChI=1S/C10H19N5/c1-10(2,12-4)6-13-9-5-8(11-3)14-7-15-9/h5,7,12H,6H2,1-4H3,(H2,11,13,14,15). The van der Waals surface area contributed by atoms with Crippen LogP contribution in [0.25, 0.3) is 0 Å². The topological polar surface area (TPSA) is 61.9 Å². The first kappa shape index (κ1) is 11.7. The van der Waals surface area contributed by atoms with E-state index >= 15 is 0 Å². The first-order valence-electron chi connectivity index (χ1n) is 5.00. The van der Waals surface area contributed by atoms with Crippen LogP contribution in [0.4, 0.5) is 11.6 Å². The highest BCUT2D eigenvalue weighted by Gasteiger charge is 2.13. The smallest absolute Gasteiger partial charge is 0.131 e. The van der Waals surface area contributed by atoms with Crippen molar-refractivity contribution in [2.45, 2.75) is 19.4 Å². The Morgan fingerprint density at radius 1 is 1.20 bits per heavy atom. The van der Waals surface area contributed by atoms with Gasteiger partial charge in [-0.3, -0.25) is 0 Å². The van der Waals surface area contributed by atoms with Crippen molar-refractivity contribution >= 4 is 11.6 Å². The predicted octanol–water partition coefficient (Wildman–Crippen LogP) is 0.928. The van der Waals surface area contributed by atoms with Gasteiger partial charge in [-0.05, 0) is 20.9 Å². The zero-order chi connectivity index (χ0) is 11.3. The van der Waals surface area contributed by atoms with Crippen molar-refractivity contribution < 1.29 is 0 Å². The molecular formula is C10H19N5. The number of nitrogens with one attached hydrogen (secondary N) is 3. The molecule has 0 amide bonds. The molecule has 1 rings (SSSR count). The Bertz CT molecular complexity index is 310. The molecule has 0 spiro atoms. The molecule has 0 atom stereocenters. The van der Waals surface area contributed by atoms with Gasteiger partial charge in [0.15, 0.2) is 0 Å². The Balaban J connectivity index is 2.57. The predicted molar refractivity (Wildman–Crippen MR) is 63.2 cm³/mol. The van der Waals surface area contributed by atoms with E-state index in [1.807, 2.05) is 20.2 Å². The average Bonchev–Trinajstić information content (AvgIpc) is 2.27. The monoisotopic (exact) mass is 209 g/mol. The molecule has 1 aromatic rings. The summed E-state index contributed by atoms with van der Waals surface area (Å²) in [5.41, 5.74) is 0.0464. The molecule has 0 saturated carbocycles. The van der Waals surface area contributed by atoms with E-state index in [0.29, 0.717) is 0 Å². The van der Waals surface area contributed by atoms with Gasteiger partial charge in [0.25, 0.3) is 0 Å². The quantitative estimate of drug-likeness (QED) is 0.673. The highest BCUT2D eigenvalue weighted by molar-refractivity contribution is 5.46. The van der Waals surface area contributed by atoms with Gasteiger partial charge in [0.05, 0.1) is 0 Å². The molecule has 0 aliphatic carbocycles. The molecule has 5 nitrogen and oxygen atoms in total. The lowest BCUT2D eigenvalue weighted by atomic mass is 10.1. The molecule has 0 bridgehead atoms. The lowest BCUT2D eigenvalue weighted by molar-refractivity contribution is 0.448. The van der Waals surface area contributed by atoms with Crippen molar-refractivity contribution in [3.05, 3.63) is 12.4 Å². The van der Waals surface area contributed by atoms with E-state index in [9.17, 15) is 0 Å². The second-order valence-electron chi connectivity index (χ2n) is 4.03. The molecule has 0 radical (unpaired) electrons. The Kier molecular flexibility index (Phi) is 3.85. The fourth-order valence-electron chi connectivity index (χ4n) is 0.991. The summed E-state index contributed by atoms with van der Waals surface area (Å²) in [5, 5.41) is 9.45. The third-order valence-electron chi connectivity index (χ3n) is 2.31. The van der Waals surface area contributed by atoms with Gasteiger partial charge < -0.3 is 16.0 Å². The van der Waals surface area contributed by atoms with Crippen LogP contribution in [0.2, 0.25) is 0 Å². The molecule has 0 unspecified atom stereocenters. The van der Waals surface area contributed by atoms with Crippen molar-refractivity contribution in [1.82, 2.24) is 15.3 Å². The fraction of sp³-hybridized carbons (Fsp3) is 0.600. The lowest BCUT2D eigenvalue weighted by Crippen LogP contribution is -2.42. The van der Waals surface area contributed by atoms with Crippen molar-refractivity contribution in [2.24, 2.45) is 0 Å². The third kappa shape index (κ3) is 3.71. The van der Waals surface area contributed by atoms with E-state index in [0.717, 1.165) is 18.2 Å². The van der Waals surface area contributed by atoms with Gasteiger partial charge in [-0.1, -0.05) is 0 Å². The molecule has 0 aliphatic rings. The molecule has 84 valence electrons. The summed E-state index contributed by atoms with van der Waals surface area (Å²) in [4.78, 5) is 8.18. The SMILES string of the molecule is CNc1cc(NCC(C)(C)NC)ncn1. The zero-order valence-electron chi connectivity index (χ0n) is 9.76. The third-order valence-corrected chi connectivity index (χ3v) is 2.31. The maximum atomic E-state index is 4.13. The molecule has 15 heavy (non-hydrogen) atoms. The fourth-order valence-corrected chi connectivity index (χ4v) is 0.991. The van der Waals surface area contributed by atoms with Crippen LogP contribution in [-0.4, -0.2) is 36.1 Å². The van der Waals surface area contributed by atoms with Gasteiger partial charge >= 0.3 is 0 Å². The molecule has 0 saturated heterocycles. The van der Waals surface area contributed by atoms with Crippen molar-refractivity contribution in [2.75, 3.05) is 31.3 Å². The lowest BCUT2D eigenvalue weighted by Gasteiger charge is -2.24. The normalized spacial score (nSPS) is 11.2. The molecule has 5 heteroatoms. The maximum absolute atomic E-state index is 4.13. The highest BCUT2D eigenvalue weighted by atomic mass is 15.1. The van der Waals surface area contributed by atoms with E-state index in [1.165, 1.54) is 0 Å². The van der Waals surface area contributed by atoms with Gasteiger partial charge in [0, 0.05) is 25.2 Å². The van der Waals surface area contributed by atoms with Gasteiger partial charge in [-0.25, -0.2) is 9.97 Å². The summed E-state index contributed by atoms with van der Waals surface area (Å²) in [6.07, 6.45) is 1.54. The summed E-state index contributed by atoms with van der Waals surface area (Å²) in [5.74, 6) is 1.65. The van der Waals surface area contributed by atoms with Crippen LogP contribution >= 0.6 is 0 Å². The van der Waals surface area contributed by atoms with Crippen LogP contribution in [-0.2, 0) is 0 Å². The van der Waals surface area contributed by atoms with Gasteiger partial charge in [-0.15, -0.1) is 0 Å². The maximum Gasteiger partial charge on any atom is 0.131 e. The minimum atomic E-state index is 0.0464. The second-order valence-corrected chi connectivity index (χ2v) is 4.03. The van der Waals surface area contributed by atoms with E-state index in [4.69, 9.17) is 0 Å². The van der Waals surface area contributed by atoms with Gasteiger partial charge in [0.1, 0.15) is 18.0 Å². The number of anilines is 2. The number of hydrogen-bond acceptors (Lipinski definition) is 5. The van der Waals surface area contributed by atoms with E-state index in [2.05, 4.69) is 39.8 Å². The summed E-state index contributed by atoms with van der Waals surface area (Å²) in [6, 6.07) is 1.88. The van der Waals surface area contributed by atoms with Crippen molar-refractivity contribution in [3.63, 3.8) is 0 Å². The molecular weight excluding hydrogens is 190 g/mol. The van der Waals surface area contributed by atoms with Crippen LogP contribution in [0.5, 0.6) is 0 Å². The van der Waals surface area contributed by atoms with Crippen molar-refractivity contribution in [1.29, 1.82) is 0 Å². The first-order chi connectivity index (χ1) is 7.07. The minimum absolute atomic E-state index is 0.0464. The summed E-state index contributed by atoms with van der Waals surface area (Å²) in [7, 11) is 3.78. The average molecular weight is 209 g/mol. The molecule has 0 aliphatic heterocycles. The van der Waals surface area contributed by atoms with E-state index in [-0.39, 0.29) is 5.54 Å². The van der Waals surface area contributed by atoms with Crippen LogP contribution < -0.4 is 16.0 Å². The Morgan fingerprint density at radius 2 is 1.87 bits per heavy atom. The van der Waals surface area contributed by atoms with Crippen LogP contribution in [0.1, 0.15) is 13.8 Å². The minimum Gasteiger partial charge on any atom is -0.373 e. The summed E-state index contributed by atoms with van der Waals surface area (Å²) >= 11 is 0. The number of aromatic nitrogens is 2. The number of nitrogens with zero attached hydrogens (tertiary/aromatic N) is 2. The first-order valence-corrected chi connectivity index (χ1v) is 5.00. The van der Waals surface area contributed by atoms with Crippen LogP contribution in [0.3, 0.4) is 0 Å². The Morgan fingerprint density at radius 3 is 2.47 bits per heavy atom. The van der Waals surface area contributed by atoms with Crippen LogP contribution in [0.15, 0.2) is 12.4 Å². The second kappa shape index (κ2) is 4.93. The molecule has 0 aromatic carbocycles.